The third-order valence-corrected chi connectivity index (χ3v) is 3.24. The average molecular weight is 250 g/mol. The first-order valence-corrected chi connectivity index (χ1v) is 5.89. The molecule has 0 aromatic carbocycles. The summed E-state index contributed by atoms with van der Waals surface area (Å²) in [5.74, 6) is 0. The summed E-state index contributed by atoms with van der Waals surface area (Å²) in [5.41, 5.74) is 5.65. The third kappa shape index (κ3) is 1.53. The summed E-state index contributed by atoms with van der Waals surface area (Å²) < 4.78 is 1.36. The quantitative estimate of drug-likeness (QED) is 0.589. The Balaban J connectivity index is 2.25. The van der Waals surface area contributed by atoms with E-state index in [1.54, 1.807) is 5.01 Å². The van der Waals surface area contributed by atoms with Crippen LogP contribution in [0.3, 0.4) is 0 Å². The minimum absolute atomic E-state index is 0.234. The molecule has 0 aliphatic carbocycles. The normalized spacial score (nSPS) is 20.5. The smallest absolute Gasteiger partial charge is 0.339 e. The van der Waals surface area contributed by atoms with E-state index >= 15 is 0 Å². The Labute approximate surface area is 101 Å². The molecule has 1 saturated heterocycles. The van der Waals surface area contributed by atoms with Crippen LogP contribution >= 0.6 is 0 Å². The molecule has 0 saturated carbocycles. The van der Waals surface area contributed by atoms with Crippen molar-refractivity contribution in [1.82, 2.24) is 19.6 Å². The van der Waals surface area contributed by atoms with Gasteiger partial charge in [-0.15, -0.1) is 0 Å². The van der Waals surface area contributed by atoms with Crippen LogP contribution in [0.4, 0.5) is 0 Å². The molecule has 0 amide bonds. The third-order valence-electron chi connectivity index (χ3n) is 3.24. The summed E-state index contributed by atoms with van der Waals surface area (Å²) in [6, 6.07) is 0. The van der Waals surface area contributed by atoms with Crippen LogP contribution in [0, 0.1) is 0 Å². The fourth-order valence-corrected chi connectivity index (χ4v) is 2.35. The van der Waals surface area contributed by atoms with E-state index in [0.717, 1.165) is 19.3 Å². The number of piperidine rings is 1. The predicted molar refractivity (Wildman–Crippen MR) is 65.9 cm³/mol. The van der Waals surface area contributed by atoms with Gasteiger partial charge in [-0.25, -0.2) is 9.78 Å². The van der Waals surface area contributed by atoms with E-state index in [1.807, 2.05) is 0 Å². The van der Waals surface area contributed by atoms with Crippen LogP contribution < -0.4 is 22.0 Å². The fraction of sp³-hybridized carbons (Fsp3) is 0.500. The molecule has 3 rings (SSSR count). The van der Waals surface area contributed by atoms with Gasteiger partial charge in [0.2, 0.25) is 0 Å². The van der Waals surface area contributed by atoms with Gasteiger partial charge in [-0.1, -0.05) is 0 Å². The molecule has 96 valence electrons. The second-order valence-electron chi connectivity index (χ2n) is 4.40. The van der Waals surface area contributed by atoms with Crippen molar-refractivity contribution >= 4 is 11.2 Å². The number of imidazole rings is 1. The number of nitrogens with zero attached hydrogens (tertiary/aromatic N) is 3. The summed E-state index contributed by atoms with van der Waals surface area (Å²) in [6.07, 6.45) is 3.98. The van der Waals surface area contributed by atoms with Crippen LogP contribution in [-0.2, 0) is 0 Å². The molecule has 1 unspecified atom stereocenters. The Hall–Kier alpha value is -2.09. The number of hydrogen-bond acceptors (Lipinski definition) is 5. The number of aromatic amines is 2. The standard InChI is InChI=1S/C10H14N6O2/c11-6-3-1-2-4-15(6)16-8-7(12-5-13-8)9(17)14-10(16)18/h5-6H,1-4,11H2,(H,12,13)(H,14,17,18). The van der Waals surface area contributed by atoms with Crippen LogP contribution in [0.5, 0.6) is 0 Å². The van der Waals surface area contributed by atoms with Gasteiger partial charge in [-0.3, -0.25) is 14.8 Å². The Kier molecular flexibility index (Phi) is 2.44. The van der Waals surface area contributed by atoms with Crippen molar-refractivity contribution in [3.8, 4) is 0 Å². The molecule has 3 heterocycles. The van der Waals surface area contributed by atoms with Crippen molar-refractivity contribution < 1.29 is 0 Å². The molecule has 1 fully saturated rings. The van der Waals surface area contributed by atoms with Crippen molar-refractivity contribution in [2.24, 2.45) is 5.73 Å². The molecule has 0 radical (unpaired) electrons. The zero-order chi connectivity index (χ0) is 12.7. The van der Waals surface area contributed by atoms with Crippen molar-refractivity contribution in [3.63, 3.8) is 0 Å². The maximum Gasteiger partial charge on any atom is 0.349 e. The molecular weight excluding hydrogens is 236 g/mol. The molecule has 1 aliphatic heterocycles. The highest BCUT2D eigenvalue weighted by atomic mass is 16.2. The largest absolute Gasteiger partial charge is 0.349 e. The van der Waals surface area contributed by atoms with Crippen LogP contribution in [0.2, 0.25) is 0 Å². The lowest BCUT2D eigenvalue weighted by atomic mass is 10.1. The van der Waals surface area contributed by atoms with Gasteiger partial charge in [0.25, 0.3) is 5.56 Å². The van der Waals surface area contributed by atoms with Crippen molar-refractivity contribution in [1.29, 1.82) is 0 Å². The Bertz CT molecular complexity index is 683. The van der Waals surface area contributed by atoms with E-state index < -0.39 is 11.2 Å². The predicted octanol–water partition coefficient (Wildman–Crippen LogP) is -1.18. The Morgan fingerprint density at radius 2 is 2.22 bits per heavy atom. The molecule has 2 aromatic heterocycles. The van der Waals surface area contributed by atoms with E-state index in [1.165, 1.54) is 11.0 Å². The van der Waals surface area contributed by atoms with E-state index in [0.29, 0.717) is 12.2 Å². The monoisotopic (exact) mass is 250 g/mol. The summed E-state index contributed by atoms with van der Waals surface area (Å²) in [4.78, 5) is 32.6. The summed E-state index contributed by atoms with van der Waals surface area (Å²) in [6.45, 7) is 0.676. The Morgan fingerprint density at radius 3 is 3.00 bits per heavy atom. The minimum Gasteiger partial charge on any atom is -0.339 e. The molecular formula is C10H14N6O2. The number of rotatable bonds is 1. The van der Waals surface area contributed by atoms with Crippen molar-refractivity contribution in [3.05, 3.63) is 27.2 Å². The summed E-state index contributed by atoms with van der Waals surface area (Å²) in [5, 5.41) is 1.75. The number of nitrogens with two attached hydrogens (primary N) is 1. The van der Waals surface area contributed by atoms with Crippen LogP contribution in [0.1, 0.15) is 19.3 Å². The van der Waals surface area contributed by atoms with E-state index in [9.17, 15) is 9.59 Å². The zero-order valence-corrected chi connectivity index (χ0v) is 9.72. The Morgan fingerprint density at radius 1 is 1.39 bits per heavy atom. The number of nitrogens with one attached hydrogen (secondary N) is 2. The van der Waals surface area contributed by atoms with E-state index in [-0.39, 0.29) is 11.7 Å². The van der Waals surface area contributed by atoms with Gasteiger partial charge in [0.1, 0.15) is 0 Å². The first kappa shape index (κ1) is 11.0. The summed E-state index contributed by atoms with van der Waals surface area (Å²) >= 11 is 0. The zero-order valence-electron chi connectivity index (χ0n) is 9.72. The molecule has 0 spiro atoms. The average Bonchev–Trinajstić information content (AvgIpc) is 2.81. The highest BCUT2D eigenvalue weighted by molar-refractivity contribution is 5.69. The second-order valence-corrected chi connectivity index (χ2v) is 4.40. The number of fused-ring (bicyclic) bond motifs is 1. The van der Waals surface area contributed by atoms with Gasteiger partial charge < -0.3 is 10.7 Å². The lowest BCUT2D eigenvalue weighted by Crippen LogP contribution is -2.56. The van der Waals surface area contributed by atoms with Gasteiger partial charge >= 0.3 is 5.69 Å². The number of hydrogen-bond donors (Lipinski definition) is 3. The SMILES string of the molecule is NC1CCCCN1n1c(=O)[nH]c(=O)c2[nH]cnc21. The number of H-pyrrole nitrogens is 2. The minimum atomic E-state index is -0.503. The first-order chi connectivity index (χ1) is 8.68. The fourth-order valence-electron chi connectivity index (χ4n) is 2.35. The highest BCUT2D eigenvalue weighted by Crippen LogP contribution is 2.12. The molecule has 4 N–H and O–H groups in total. The van der Waals surface area contributed by atoms with Gasteiger partial charge in [0.05, 0.1) is 12.5 Å². The maximum atomic E-state index is 12.0. The van der Waals surface area contributed by atoms with Crippen LogP contribution in [0.25, 0.3) is 11.2 Å². The molecule has 1 aliphatic rings. The van der Waals surface area contributed by atoms with Gasteiger partial charge in [-0.05, 0) is 19.3 Å². The topological polar surface area (TPSA) is 113 Å². The lowest BCUT2D eigenvalue weighted by molar-refractivity contribution is 0.383. The maximum absolute atomic E-state index is 12.0. The molecule has 8 nitrogen and oxygen atoms in total. The van der Waals surface area contributed by atoms with Gasteiger partial charge in [0, 0.05) is 6.54 Å². The summed E-state index contributed by atoms with van der Waals surface area (Å²) in [7, 11) is 0. The molecule has 0 bridgehead atoms. The first-order valence-electron chi connectivity index (χ1n) is 5.89. The highest BCUT2D eigenvalue weighted by Gasteiger charge is 2.23. The molecule has 8 heteroatoms. The molecule has 18 heavy (non-hydrogen) atoms. The van der Waals surface area contributed by atoms with E-state index in [2.05, 4.69) is 15.0 Å². The van der Waals surface area contributed by atoms with E-state index in [4.69, 9.17) is 5.73 Å². The van der Waals surface area contributed by atoms with Gasteiger partial charge in [-0.2, -0.15) is 4.68 Å². The van der Waals surface area contributed by atoms with Crippen LogP contribution in [0.15, 0.2) is 15.9 Å². The van der Waals surface area contributed by atoms with Crippen molar-refractivity contribution in [2.45, 2.75) is 25.4 Å². The lowest BCUT2D eigenvalue weighted by Gasteiger charge is -2.35. The molecule has 2 aromatic rings. The van der Waals surface area contributed by atoms with Gasteiger partial charge in [0.15, 0.2) is 11.2 Å². The molecule has 1 atom stereocenters. The van der Waals surface area contributed by atoms with Crippen molar-refractivity contribution in [2.75, 3.05) is 11.6 Å². The number of aromatic nitrogens is 4. The second kappa shape index (κ2) is 3.98. The van der Waals surface area contributed by atoms with Crippen LogP contribution in [-0.4, -0.2) is 32.3 Å².